The molecule has 1 N–H and O–H groups in total. The third-order valence-electron chi connectivity index (χ3n) is 3.17. The molecule has 0 fully saturated rings. The van der Waals surface area contributed by atoms with Crippen LogP contribution in [0.15, 0.2) is 29.5 Å². The highest BCUT2D eigenvalue weighted by Crippen LogP contribution is 2.12. The van der Waals surface area contributed by atoms with E-state index < -0.39 is 12.0 Å². The van der Waals surface area contributed by atoms with Crippen molar-refractivity contribution in [1.29, 1.82) is 0 Å². The van der Waals surface area contributed by atoms with Crippen LogP contribution in [-0.4, -0.2) is 53.9 Å². The second-order valence-corrected chi connectivity index (χ2v) is 5.20. The van der Waals surface area contributed by atoms with Crippen LogP contribution in [0, 0.1) is 0 Å². The number of hydrogen-bond donors (Lipinski definition) is 1. The number of unbranched alkanes of at least 4 members (excludes halogenated alkanes) is 2. The molecule has 0 aromatic rings. The summed E-state index contributed by atoms with van der Waals surface area (Å²) in [6.45, 7) is 8.68. The fourth-order valence-corrected chi connectivity index (χ4v) is 1.92. The summed E-state index contributed by atoms with van der Waals surface area (Å²) in [5.41, 5.74) is 0.570. The molecule has 0 bridgehead atoms. The van der Waals surface area contributed by atoms with Gasteiger partial charge in [0.15, 0.2) is 0 Å². The summed E-state index contributed by atoms with van der Waals surface area (Å²) in [4.78, 5) is 19.3. The van der Waals surface area contributed by atoms with Gasteiger partial charge in [0.05, 0.1) is 6.34 Å². The lowest BCUT2D eigenvalue weighted by atomic mass is 10.1. The van der Waals surface area contributed by atoms with Crippen molar-refractivity contribution >= 4 is 12.3 Å². The van der Waals surface area contributed by atoms with E-state index in [0.29, 0.717) is 12.1 Å². The van der Waals surface area contributed by atoms with Crippen molar-refractivity contribution in [3.63, 3.8) is 0 Å². The maximum atomic E-state index is 11.4. The molecular weight excluding hydrogens is 266 g/mol. The van der Waals surface area contributed by atoms with Gasteiger partial charge in [-0.25, -0.2) is 4.99 Å². The van der Waals surface area contributed by atoms with E-state index in [0.717, 1.165) is 25.8 Å². The first-order chi connectivity index (χ1) is 9.92. The standard InChI is InChI=1S/C16H29N3O2/c1-6-8-9-11-19(5)15(16(20)21)12-14(3)17-13-18(4)10-7-2/h7,10,13,15H,3,6,8-9,11-12H2,1-2,4-5H3,(H,20,21)/b10-7+,17-13?. The number of carboxylic acid groups (broad SMARTS) is 1. The molecule has 1 unspecified atom stereocenters. The summed E-state index contributed by atoms with van der Waals surface area (Å²) in [6, 6.07) is -0.571. The van der Waals surface area contributed by atoms with Gasteiger partial charge < -0.3 is 10.0 Å². The van der Waals surface area contributed by atoms with E-state index in [1.807, 2.05) is 38.2 Å². The second-order valence-electron chi connectivity index (χ2n) is 5.20. The molecule has 0 amide bonds. The monoisotopic (exact) mass is 295 g/mol. The molecule has 0 heterocycles. The number of carbonyl (C=O) groups is 1. The lowest BCUT2D eigenvalue weighted by molar-refractivity contribution is -0.142. The molecule has 0 spiro atoms. The molecule has 0 aliphatic carbocycles. The van der Waals surface area contributed by atoms with E-state index in [4.69, 9.17) is 0 Å². The van der Waals surface area contributed by atoms with E-state index in [9.17, 15) is 9.90 Å². The molecule has 120 valence electrons. The number of allylic oxidation sites excluding steroid dienone is 1. The van der Waals surface area contributed by atoms with Crippen LogP contribution in [-0.2, 0) is 4.79 Å². The van der Waals surface area contributed by atoms with Crippen molar-refractivity contribution in [2.75, 3.05) is 20.6 Å². The highest BCUT2D eigenvalue weighted by Gasteiger charge is 2.22. The Kier molecular flexibility index (Phi) is 10.2. The molecular formula is C16H29N3O2. The quantitative estimate of drug-likeness (QED) is 0.362. The lowest BCUT2D eigenvalue weighted by Crippen LogP contribution is -2.39. The fraction of sp³-hybridized carbons (Fsp3) is 0.625. The maximum Gasteiger partial charge on any atom is 0.321 e. The molecule has 0 aliphatic heterocycles. The van der Waals surface area contributed by atoms with Crippen LogP contribution < -0.4 is 0 Å². The first kappa shape index (κ1) is 19.4. The van der Waals surface area contributed by atoms with Gasteiger partial charge in [0.2, 0.25) is 0 Å². The van der Waals surface area contributed by atoms with Crippen LogP contribution in [0.4, 0.5) is 0 Å². The van der Waals surface area contributed by atoms with Gasteiger partial charge in [-0.2, -0.15) is 0 Å². The van der Waals surface area contributed by atoms with E-state index in [2.05, 4.69) is 18.5 Å². The summed E-state index contributed by atoms with van der Waals surface area (Å²) >= 11 is 0. The number of aliphatic imine (C=N–C) groups is 1. The van der Waals surface area contributed by atoms with Crippen LogP contribution in [0.3, 0.4) is 0 Å². The third-order valence-corrected chi connectivity index (χ3v) is 3.17. The number of nitrogens with zero attached hydrogens (tertiary/aromatic N) is 3. The molecule has 0 aromatic carbocycles. The Bertz CT molecular complexity index is 378. The van der Waals surface area contributed by atoms with Gasteiger partial charge in [-0.15, -0.1) is 0 Å². The van der Waals surface area contributed by atoms with Gasteiger partial charge >= 0.3 is 5.97 Å². The maximum absolute atomic E-state index is 11.4. The summed E-state index contributed by atoms with van der Waals surface area (Å²) in [7, 11) is 3.71. The number of aliphatic carboxylic acids is 1. The van der Waals surface area contributed by atoms with Gasteiger partial charge in [-0.1, -0.05) is 32.4 Å². The van der Waals surface area contributed by atoms with Crippen LogP contribution in [0.25, 0.3) is 0 Å². The topological polar surface area (TPSA) is 56.1 Å². The molecule has 0 saturated carbocycles. The number of likely N-dealkylation sites (N-methyl/N-ethyl adjacent to an activating group) is 1. The van der Waals surface area contributed by atoms with Gasteiger partial charge in [0, 0.05) is 25.4 Å². The summed E-state index contributed by atoms with van der Waals surface area (Å²) in [5.74, 6) is -0.827. The van der Waals surface area contributed by atoms with E-state index >= 15 is 0 Å². The SMILES string of the molecule is C=C(CC(C(=O)O)N(C)CCCCC)N=CN(C)/C=C/C. The Balaban J connectivity index is 4.49. The van der Waals surface area contributed by atoms with E-state index in [1.165, 1.54) is 0 Å². The molecule has 1 atom stereocenters. The molecule has 0 aromatic heterocycles. The molecule has 0 aliphatic rings. The minimum atomic E-state index is -0.827. The number of carboxylic acids is 1. The van der Waals surface area contributed by atoms with Crippen molar-refractivity contribution in [2.45, 2.75) is 45.6 Å². The predicted octanol–water partition coefficient (Wildman–Crippen LogP) is 2.96. The Morgan fingerprint density at radius 2 is 2.05 bits per heavy atom. The van der Waals surface area contributed by atoms with E-state index in [1.54, 1.807) is 11.2 Å². The predicted molar refractivity (Wildman–Crippen MR) is 88.4 cm³/mol. The average Bonchev–Trinajstić information content (AvgIpc) is 2.42. The zero-order valence-electron chi connectivity index (χ0n) is 13.7. The molecule has 0 rings (SSSR count). The minimum absolute atomic E-state index is 0.331. The zero-order chi connectivity index (χ0) is 16.3. The smallest absolute Gasteiger partial charge is 0.321 e. The van der Waals surface area contributed by atoms with Crippen molar-refractivity contribution < 1.29 is 9.90 Å². The van der Waals surface area contributed by atoms with Crippen molar-refractivity contribution in [2.24, 2.45) is 4.99 Å². The van der Waals surface area contributed by atoms with Crippen molar-refractivity contribution in [3.05, 3.63) is 24.6 Å². The highest BCUT2D eigenvalue weighted by molar-refractivity contribution is 5.74. The molecule has 5 heteroatoms. The lowest BCUT2D eigenvalue weighted by Gasteiger charge is -2.24. The van der Waals surface area contributed by atoms with Gasteiger partial charge in [0.1, 0.15) is 6.04 Å². The number of rotatable bonds is 11. The first-order valence-electron chi connectivity index (χ1n) is 7.42. The van der Waals surface area contributed by atoms with Crippen LogP contribution >= 0.6 is 0 Å². The summed E-state index contributed by atoms with van der Waals surface area (Å²) in [6.07, 6.45) is 8.98. The number of hydrogen-bond acceptors (Lipinski definition) is 3. The largest absolute Gasteiger partial charge is 0.480 e. The highest BCUT2D eigenvalue weighted by atomic mass is 16.4. The second kappa shape index (κ2) is 11.1. The van der Waals surface area contributed by atoms with Gasteiger partial charge in [-0.05, 0) is 26.9 Å². The summed E-state index contributed by atoms with van der Waals surface area (Å²) in [5, 5.41) is 9.35. The first-order valence-corrected chi connectivity index (χ1v) is 7.42. The Morgan fingerprint density at radius 3 is 2.57 bits per heavy atom. The van der Waals surface area contributed by atoms with Crippen molar-refractivity contribution in [1.82, 2.24) is 9.80 Å². The average molecular weight is 295 g/mol. The molecule has 0 radical (unpaired) electrons. The minimum Gasteiger partial charge on any atom is -0.480 e. The Hall–Kier alpha value is -1.62. The normalized spacial score (nSPS) is 13.2. The third kappa shape index (κ3) is 9.02. The fourth-order valence-electron chi connectivity index (χ4n) is 1.92. The summed E-state index contributed by atoms with van der Waals surface area (Å²) < 4.78 is 0. The van der Waals surface area contributed by atoms with Crippen LogP contribution in [0.2, 0.25) is 0 Å². The van der Waals surface area contributed by atoms with Crippen LogP contribution in [0.1, 0.15) is 39.5 Å². The van der Waals surface area contributed by atoms with Crippen molar-refractivity contribution in [3.8, 4) is 0 Å². The molecule has 5 nitrogen and oxygen atoms in total. The molecule has 0 saturated heterocycles. The van der Waals surface area contributed by atoms with Crippen LogP contribution in [0.5, 0.6) is 0 Å². The molecule has 21 heavy (non-hydrogen) atoms. The van der Waals surface area contributed by atoms with Gasteiger partial charge in [-0.3, -0.25) is 9.69 Å². The van der Waals surface area contributed by atoms with E-state index in [-0.39, 0.29) is 0 Å². The Morgan fingerprint density at radius 1 is 1.38 bits per heavy atom. The van der Waals surface area contributed by atoms with Gasteiger partial charge in [0.25, 0.3) is 0 Å². The Labute approximate surface area is 128 Å². The zero-order valence-corrected chi connectivity index (χ0v) is 13.7.